The molecular weight excluding hydrogens is 268 g/mol. The number of carbonyl (C=O) groups is 1. The normalized spacial score (nSPS) is 13.6. The molecule has 0 spiro atoms. The van der Waals surface area contributed by atoms with Gasteiger partial charge in [0.2, 0.25) is 0 Å². The van der Waals surface area contributed by atoms with Gasteiger partial charge >= 0.3 is 6.09 Å². The maximum Gasteiger partial charge on any atom is 0.407 e. The average Bonchev–Trinajstić information content (AvgIpc) is 2.35. The van der Waals surface area contributed by atoms with Crippen molar-refractivity contribution in [3.8, 4) is 0 Å². The average molecular weight is 298 g/mol. The zero-order chi connectivity index (χ0) is 16.5. The summed E-state index contributed by atoms with van der Waals surface area (Å²) in [6.07, 6.45) is 1.35. The maximum absolute atomic E-state index is 11.8. The van der Waals surface area contributed by atoms with Gasteiger partial charge in [-0.25, -0.2) is 4.79 Å². The summed E-state index contributed by atoms with van der Waals surface area (Å²) in [6.45, 7) is 14.5. The number of amides is 1. The van der Waals surface area contributed by atoms with Gasteiger partial charge in [0.25, 0.3) is 0 Å². The Kier molecular flexibility index (Phi) is 8.50. The Morgan fingerprint density at radius 2 is 1.95 bits per heavy atom. The molecule has 0 bridgehead atoms. The van der Waals surface area contributed by atoms with Gasteiger partial charge in [-0.3, -0.25) is 4.99 Å². The molecule has 0 saturated heterocycles. The molecule has 0 fully saturated rings. The third kappa shape index (κ3) is 9.76. The van der Waals surface area contributed by atoms with Crippen molar-refractivity contribution in [2.24, 2.45) is 10.9 Å². The Hall–Kier alpha value is -1.72. The molecule has 0 aliphatic carbocycles. The van der Waals surface area contributed by atoms with Gasteiger partial charge in [-0.1, -0.05) is 19.9 Å². The molecule has 1 atom stereocenters. The summed E-state index contributed by atoms with van der Waals surface area (Å²) in [4.78, 5) is 15.9. The minimum atomic E-state index is -0.499. The second kappa shape index (κ2) is 9.26. The number of hydrogen-bond acceptors (Lipinski definition) is 3. The largest absolute Gasteiger partial charge is 0.444 e. The standard InChI is InChI=1S/C15H30N4O2/c1-8-9-17-13(16-7)18-10-12(11(2)3)19-14(20)21-15(4,5)6/h8,11-12H,1,9-10H2,2-7H3,(H,19,20)(H2,16,17,18). The van der Waals surface area contributed by atoms with Crippen molar-refractivity contribution in [2.45, 2.75) is 46.3 Å². The van der Waals surface area contributed by atoms with Crippen molar-refractivity contribution in [1.82, 2.24) is 16.0 Å². The summed E-state index contributed by atoms with van der Waals surface area (Å²) in [5, 5.41) is 9.14. The third-order valence-electron chi connectivity index (χ3n) is 2.63. The van der Waals surface area contributed by atoms with Crippen LogP contribution in [0.5, 0.6) is 0 Å². The quantitative estimate of drug-likeness (QED) is 0.398. The molecule has 0 aliphatic rings. The van der Waals surface area contributed by atoms with Crippen molar-refractivity contribution in [2.75, 3.05) is 20.1 Å². The lowest BCUT2D eigenvalue weighted by atomic mass is 10.0. The number of nitrogens with one attached hydrogen (secondary N) is 3. The zero-order valence-electron chi connectivity index (χ0n) is 14.1. The zero-order valence-corrected chi connectivity index (χ0v) is 14.1. The van der Waals surface area contributed by atoms with Gasteiger partial charge in [0.1, 0.15) is 5.60 Å². The topological polar surface area (TPSA) is 74.8 Å². The first-order valence-corrected chi connectivity index (χ1v) is 7.24. The summed E-state index contributed by atoms with van der Waals surface area (Å²) < 4.78 is 5.28. The lowest BCUT2D eigenvalue weighted by Gasteiger charge is -2.26. The summed E-state index contributed by atoms with van der Waals surface area (Å²) in [6, 6.07) is -0.0536. The van der Waals surface area contributed by atoms with Crippen molar-refractivity contribution in [3.63, 3.8) is 0 Å². The molecule has 21 heavy (non-hydrogen) atoms. The Morgan fingerprint density at radius 3 is 2.38 bits per heavy atom. The Balaban J connectivity index is 4.43. The number of guanidine groups is 1. The van der Waals surface area contributed by atoms with E-state index in [1.165, 1.54) is 0 Å². The van der Waals surface area contributed by atoms with Gasteiger partial charge in [0, 0.05) is 20.1 Å². The van der Waals surface area contributed by atoms with E-state index in [9.17, 15) is 4.79 Å². The molecular formula is C15H30N4O2. The highest BCUT2D eigenvalue weighted by atomic mass is 16.6. The number of ether oxygens (including phenoxy) is 1. The van der Waals surface area contributed by atoms with Crippen LogP contribution in [0.25, 0.3) is 0 Å². The molecule has 0 aromatic rings. The Morgan fingerprint density at radius 1 is 1.33 bits per heavy atom. The second-order valence-corrected chi connectivity index (χ2v) is 6.12. The maximum atomic E-state index is 11.8. The van der Waals surface area contributed by atoms with Crippen molar-refractivity contribution in [3.05, 3.63) is 12.7 Å². The minimum Gasteiger partial charge on any atom is -0.444 e. The molecule has 6 heteroatoms. The molecule has 1 unspecified atom stereocenters. The van der Waals surface area contributed by atoms with Crippen molar-refractivity contribution < 1.29 is 9.53 Å². The number of aliphatic imine (C=N–C) groups is 1. The molecule has 0 rings (SSSR count). The first-order valence-electron chi connectivity index (χ1n) is 7.24. The number of rotatable bonds is 6. The van der Waals surface area contributed by atoms with Crippen LogP contribution in [-0.2, 0) is 4.74 Å². The van der Waals surface area contributed by atoms with E-state index in [1.807, 2.05) is 34.6 Å². The highest BCUT2D eigenvalue weighted by molar-refractivity contribution is 5.79. The number of hydrogen-bond donors (Lipinski definition) is 3. The Bertz CT molecular complexity index is 359. The fourth-order valence-corrected chi connectivity index (χ4v) is 1.51. The molecule has 0 radical (unpaired) electrons. The highest BCUT2D eigenvalue weighted by Gasteiger charge is 2.21. The number of alkyl carbamates (subject to hydrolysis) is 1. The summed E-state index contributed by atoms with van der Waals surface area (Å²) in [5.74, 6) is 0.939. The Labute approximate surface area is 128 Å². The minimum absolute atomic E-state index is 0.0536. The molecule has 6 nitrogen and oxygen atoms in total. The second-order valence-electron chi connectivity index (χ2n) is 6.12. The van der Waals surface area contributed by atoms with Crippen LogP contribution in [0.15, 0.2) is 17.6 Å². The van der Waals surface area contributed by atoms with Crippen LogP contribution in [0.1, 0.15) is 34.6 Å². The van der Waals surface area contributed by atoms with Crippen LogP contribution in [0, 0.1) is 5.92 Å². The molecule has 0 heterocycles. The highest BCUT2D eigenvalue weighted by Crippen LogP contribution is 2.08. The van der Waals surface area contributed by atoms with E-state index in [1.54, 1.807) is 13.1 Å². The van der Waals surface area contributed by atoms with Gasteiger partial charge in [0.15, 0.2) is 5.96 Å². The smallest absolute Gasteiger partial charge is 0.407 e. The van der Waals surface area contributed by atoms with Gasteiger partial charge in [0.05, 0.1) is 6.04 Å². The van der Waals surface area contributed by atoms with E-state index in [-0.39, 0.29) is 12.0 Å². The van der Waals surface area contributed by atoms with Crippen molar-refractivity contribution in [1.29, 1.82) is 0 Å². The van der Waals surface area contributed by atoms with Gasteiger partial charge in [-0.2, -0.15) is 0 Å². The van der Waals surface area contributed by atoms with E-state index in [0.29, 0.717) is 19.0 Å². The van der Waals surface area contributed by atoms with Crippen LogP contribution < -0.4 is 16.0 Å². The van der Waals surface area contributed by atoms with Crippen LogP contribution >= 0.6 is 0 Å². The molecule has 0 saturated carbocycles. The van der Waals surface area contributed by atoms with E-state index in [4.69, 9.17) is 4.74 Å². The lowest BCUT2D eigenvalue weighted by Crippen LogP contribution is -2.50. The predicted octanol–water partition coefficient (Wildman–Crippen LogP) is 1.89. The molecule has 0 aromatic carbocycles. The molecule has 0 aromatic heterocycles. The lowest BCUT2D eigenvalue weighted by molar-refractivity contribution is 0.0491. The fraction of sp³-hybridized carbons (Fsp3) is 0.733. The number of nitrogens with zero attached hydrogens (tertiary/aromatic N) is 1. The van der Waals surface area contributed by atoms with E-state index in [2.05, 4.69) is 27.5 Å². The summed E-state index contributed by atoms with van der Waals surface area (Å²) in [5.41, 5.74) is -0.499. The van der Waals surface area contributed by atoms with E-state index < -0.39 is 11.7 Å². The predicted molar refractivity (Wildman–Crippen MR) is 87.6 cm³/mol. The van der Waals surface area contributed by atoms with Crippen LogP contribution in [0.2, 0.25) is 0 Å². The molecule has 122 valence electrons. The third-order valence-corrected chi connectivity index (χ3v) is 2.63. The van der Waals surface area contributed by atoms with Crippen LogP contribution in [0.3, 0.4) is 0 Å². The summed E-state index contributed by atoms with van der Waals surface area (Å²) >= 11 is 0. The first-order chi connectivity index (χ1) is 9.69. The SMILES string of the molecule is C=CCNC(=NC)NCC(NC(=O)OC(C)(C)C)C(C)C. The van der Waals surface area contributed by atoms with Gasteiger partial charge in [-0.05, 0) is 26.7 Å². The molecule has 1 amide bonds. The van der Waals surface area contributed by atoms with E-state index in [0.717, 1.165) is 0 Å². The van der Waals surface area contributed by atoms with Gasteiger partial charge < -0.3 is 20.7 Å². The van der Waals surface area contributed by atoms with Crippen LogP contribution in [0.4, 0.5) is 4.79 Å². The fourth-order valence-electron chi connectivity index (χ4n) is 1.51. The van der Waals surface area contributed by atoms with Gasteiger partial charge in [-0.15, -0.1) is 6.58 Å². The molecule has 0 aliphatic heterocycles. The van der Waals surface area contributed by atoms with Crippen LogP contribution in [-0.4, -0.2) is 43.8 Å². The monoisotopic (exact) mass is 298 g/mol. The summed E-state index contributed by atoms with van der Waals surface area (Å²) in [7, 11) is 1.70. The van der Waals surface area contributed by atoms with Crippen molar-refractivity contribution >= 4 is 12.1 Å². The van der Waals surface area contributed by atoms with E-state index >= 15 is 0 Å². The molecule has 3 N–H and O–H groups in total. The first kappa shape index (κ1) is 19.3. The number of carbonyl (C=O) groups excluding carboxylic acids is 1.